The van der Waals surface area contributed by atoms with Gasteiger partial charge in [0.15, 0.2) is 0 Å². The van der Waals surface area contributed by atoms with E-state index in [1.165, 1.54) is 44.9 Å². The molecule has 0 unspecified atom stereocenters. The Morgan fingerprint density at radius 3 is 2.48 bits per heavy atom. The molecule has 2 heteroatoms. The van der Waals surface area contributed by atoms with Crippen molar-refractivity contribution in [1.29, 1.82) is 0 Å². The fourth-order valence-electron chi connectivity index (χ4n) is 8.41. The summed E-state index contributed by atoms with van der Waals surface area (Å²) in [5, 5.41) is 20.9. The molecule has 0 saturated heterocycles. The molecule has 0 spiro atoms. The van der Waals surface area contributed by atoms with Gasteiger partial charge in [0.25, 0.3) is 0 Å². The van der Waals surface area contributed by atoms with E-state index in [4.69, 9.17) is 0 Å². The standard InChI is InChI=1S/C27H46O2/c1-17(2)25(28)11-6-18(3)23-9-10-24-22-8-7-19-16-26(4,29)14-12-20(19)21(22)13-15-27(23,24)5/h7,17-18,20-25,28-29H,6,8-16H2,1-5H3/t18-,20+,21-,22-,23-,24+,25+,26+,27-/m1/s1. The Kier molecular flexibility index (Phi) is 6.01. The molecule has 4 aliphatic carbocycles. The van der Waals surface area contributed by atoms with E-state index in [2.05, 4.69) is 33.8 Å². The Morgan fingerprint density at radius 2 is 1.76 bits per heavy atom. The summed E-state index contributed by atoms with van der Waals surface area (Å²) in [6.45, 7) is 11.4. The normalized spacial score (nSPS) is 46.5. The molecule has 3 saturated carbocycles. The Labute approximate surface area is 179 Å². The van der Waals surface area contributed by atoms with Gasteiger partial charge in [0.05, 0.1) is 11.7 Å². The van der Waals surface area contributed by atoms with Crippen LogP contribution in [0.1, 0.15) is 98.8 Å². The number of hydrogen-bond donors (Lipinski definition) is 2. The van der Waals surface area contributed by atoms with Crippen LogP contribution in [-0.4, -0.2) is 21.9 Å². The van der Waals surface area contributed by atoms with Crippen LogP contribution in [0.25, 0.3) is 0 Å². The molecule has 0 aromatic carbocycles. The Morgan fingerprint density at radius 1 is 1.00 bits per heavy atom. The van der Waals surface area contributed by atoms with Crippen LogP contribution in [-0.2, 0) is 0 Å². The second-order valence-corrected chi connectivity index (χ2v) is 12.4. The molecule has 29 heavy (non-hydrogen) atoms. The molecule has 166 valence electrons. The summed E-state index contributed by atoms with van der Waals surface area (Å²) in [6, 6.07) is 0. The van der Waals surface area contributed by atoms with Gasteiger partial charge >= 0.3 is 0 Å². The summed E-state index contributed by atoms with van der Waals surface area (Å²) >= 11 is 0. The first-order chi connectivity index (χ1) is 13.6. The first-order valence-electron chi connectivity index (χ1n) is 12.7. The van der Waals surface area contributed by atoms with Crippen LogP contribution in [0.4, 0.5) is 0 Å². The van der Waals surface area contributed by atoms with Crippen molar-refractivity contribution in [2.24, 2.45) is 46.8 Å². The van der Waals surface area contributed by atoms with E-state index in [1.54, 1.807) is 5.57 Å². The van der Waals surface area contributed by atoms with Crippen LogP contribution in [0.15, 0.2) is 11.6 Å². The van der Waals surface area contributed by atoms with Gasteiger partial charge in [0, 0.05) is 0 Å². The highest BCUT2D eigenvalue weighted by Gasteiger charge is 2.56. The number of hydrogen-bond acceptors (Lipinski definition) is 2. The molecule has 0 aliphatic heterocycles. The van der Waals surface area contributed by atoms with E-state index in [1.807, 2.05) is 6.92 Å². The smallest absolute Gasteiger partial charge is 0.0657 e. The highest BCUT2D eigenvalue weighted by Crippen LogP contribution is 2.65. The van der Waals surface area contributed by atoms with Crippen LogP contribution in [0.3, 0.4) is 0 Å². The van der Waals surface area contributed by atoms with Crippen LogP contribution in [0.5, 0.6) is 0 Å². The topological polar surface area (TPSA) is 40.5 Å². The van der Waals surface area contributed by atoms with Crippen LogP contribution in [0.2, 0.25) is 0 Å². The third-order valence-electron chi connectivity index (χ3n) is 10.2. The second-order valence-electron chi connectivity index (χ2n) is 12.4. The Hall–Kier alpha value is -0.340. The second kappa shape index (κ2) is 7.97. The zero-order valence-electron chi connectivity index (χ0n) is 19.7. The SMILES string of the molecule is CC(C)[C@@H](O)CC[C@@H](C)[C@H]1CC[C@H]2[C@@H]3CC=C4C[C@@](C)(O)CC[C@@H]4[C@H]3CC[C@]12C. The number of fused-ring (bicyclic) bond motifs is 5. The van der Waals surface area contributed by atoms with Crippen molar-refractivity contribution in [2.75, 3.05) is 0 Å². The maximum atomic E-state index is 10.6. The maximum absolute atomic E-state index is 10.6. The number of aliphatic hydroxyl groups is 2. The number of allylic oxidation sites excluding steroid dienone is 1. The summed E-state index contributed by atoms with van der Waals surface area (Å²) in [5.74, 6) is 5.36. The van der Waals surface area contributed by atoms with Gasteiger partial charge in [0.2, 0.25) is 0 Å². The zero-order chi connectivity index (χ0) is 21.0. The molecule has 9 atom stereocenters. The average Bonchev–Trinajstić information content (AvgIpc) is 3.01. The fourth-order valence-corrected chi connectivity index (χ4v) is 8.41. The largest absolute Gasteiger partial charge is 0.393 e. The molecule has 0 aromatic rings. The van der Waals surface area contributed by atoms with Crippen molar-refractivity contribution in [2.45, 2.75) is 111 Å². The monoisotopic (exact) mass is 402 g/mol. The van der Waals surface area contributed by atoms with E-state index >= 15 is 0 Å². The molecular formula is C27H46O2. The Bertz CT molecular complexity index is 620. The lowest BCUT2D eigenvalue weighted by Crippen LogP contribution is -2.48. The highest BCUT2D eigenvalue weighted by molar-refractivity contribution is 5.21. The van der Waals surface area contributed by atoms with Gasteiger partial charge in [-0.1, -0.05) is 39.3 Å². The predicted octanol–water partition coefficient (Wildman–Crippen LogP) is 6.36. The predicted molar refractivity (Wildman–Crippen MR) is 120 cm³/mol. The van der Waals surface area contributed by atoms with Crippen molar-refractivity contribution in [3.8, 4) is 0 Å². The molecule has 0 aromatic heterocycles. The molecule has 2 N–H and O–H groups in total. The summed E-state index contributed by atoms with van der Waals surface area (Å²) in [7, 11) is 0. The number of rotatable bonds is 5. The quantitative estimate of drug-likeness (QED) is 0.525. The lowest BCUT2D eigenvalue weighted by Gasteiger charge is -2.55. The molecule has 4 rings (SSSR count). The van der Waals surface area contributed by atoms with Gasteiger partial charge < -0.3 is 10.2 Å². The van der Waals surface area contributed by atoms with E-state index in [-0.39, 0.29) is 6.10 Å². The molecule has 0 amide bonds. The van der Waals surface area contributed by atoms with Crippen molar-refractivity contribution in [1.82, 2.24) is 0 Å². The summed E-state index contributed by atoms with van der Waals surface area (Å²) in [4.78, 5) is 0. The van der Waals surface area contributed by atoms with E-state index in [9.17, 15) is 10.2 Å². The van der Waals surface area contributed by atoms with Gasteiger partial charge in [-0.25, -0.2) is 0 Å². The van der Waals surface area contributed by atoms with E-state index in [0.29, 0.717) is 11.3 Å². The highest BCUT2D eigenvalue weighted by atomic mass is 16.3. The molecule has 2 nitrogen and oxygen atoms in total. The van der Waals surface area contributed by atoms with Crippen molar-refractivity contribution in [3.63, 3.8) is 0 Å². The fraction of sp³-hybridized carbons (Fsp3) is 0.926. The van der Waals surface area contributed by atoms with Crippen molar-refractivity contribution < 1.29 is 10.2 Å². The molecule has 0 radical (unpaired) electrons. The molecular weight excluding hydrogens is 356 g/mol. The molecule has 0 bridgehead atoms. The summed E-state index contributed by atoms with van der Waals surface area (Å²) < 4.78 is 0. The lowest BCUT2D eigenvalue weighted by atomic mass is 9.50. The molecule has 0 heterocycles. The lowest BCUT2D eigenvalue weighted by molar-refractivity contribution is -0.0415. The van der Waals surface area contributed by atoms with Crippen LogP contribution in [0, 0.1) is 46.8 Å². The van der Waals surface area contributed by atoms with Gasteiger partial charge in [-0.2, -0.15) is 0 Å². The zero-order valence-corrected chi connectivity index (χ0v) is 19.7. The van der Waals surface area contributed by atoms with Gasteiger partial charge in [-0.3, -0.25) is 0 Å². The van der Waals surface area contributed by atoms with Crippen molar-refractivity contribution >= 4 is 0 Å². The van der Waals surface area contributed by atoms with Crippen LogP contribution < -0.4 is 0 Å². The maximum Gasteiger partial charge on any atom is 0.0657 e. The van der Waals surface area contributed by atoms with Gasteiger partial charge in [0.1, 0.15) is 0 Å². The average molecular weight is 403 g/mol. The van der Waals surface area contributed by atoms with Crippen molar-refractivity contribution in [3.05, 3.63) is 11.6 Å². The van der Waals surface area contributed by atoms with Gasteiger partial charge in [-0.15, -0.1) is 0 Å². The molecule has 4 aliphatic rings. The first-order valence-corrected chi connectivity index (χ1v) is 12.7. The number of aliphatic hydroxyl groups excluding tert-OH is 1. The first kappa shape index (κ1) is 21.9. The minimum Gasteiger partial charge on any atom is -0.393 e. The summed E-state index contributed by atoms with van der Waals surface area (Å²) in [5.41, 5.74) is 1.64. The van der Waals surface area contributed by atoms with E-state index in [0.717, 1.165) is 54.8 Å². The van der Waals surface area contributed by atoms with Gasteiger partial charge in [-0.05, 0) is 118 Å². The summed E-state index contributed by atoms with van der Waals surface area (Å²) in [6.07, 6.45) is 14.6. The Balaban J connectivity index is 1.45. The third kappa shape index (κ3) is 3.98. The third-order valence-corrected chi connectivity index (χ3v) is 10.2. The minimum absolute atomic E-state index is 0.136. The van der Waals surface area contributed by atoms with E-state index < -0.39 is 5.60 Å². The minimum atomic E-state index is -0.465. The molecule has 3 fully saturated rings. The van der Waals surface area contributed by atoms with Crippen LogP contribution >= 0.6 is 0 Å².